The lowest BCUT2D eigenvalue weighted by Gasteiger charge is -2.16. The number of nitrogens with zero attached hydrogens (tertiary/aromatic N) is 4. The van der Waals surface area contributed by atoms with Gasteiger partial charge in [0.25, 0.3) is 11.2 Å². The zero-order valence-corrected chi connectivity index (χ0v) is 14.7. The van der Waals surface area contributed by atoms with Crippen molar-refractivity contribution in [2.24, 2.45) is 5.10 Å². The molecule has 138 valence electrons. The van der Waals surface area contributed by atoms with E-state index in [0.29, 0.717) is 11.1 Å². The van der Waals surface area contributed by atoms with E-state index in [1.54, 1.807) is 38.4 Å². The van der Waals surface area contributed by atoms with Gasteiger partial charge in [-0.15, -0.1) is 0 Å². The quantitative estimate of drug-likeness (QED) is 0.403. The number of hydrogen-bond acceptors (Lipinski definition) is 7. The minimum atomic E-state index is -1.17. The Morgan fingerprint density at radius 3 is 2.59 bits per heavy atom. The van der Waals surface area contributed by atoms with Crippen molar-refractivity contribution in [2.75, 3.05) is 14.1 Å². The molecule has 1 atom stereocenters. The molecular weight excluding hydrogens is 350 g/mol. The molecule has 0 aliphatic rings. The van der Waals surface area contributed by atoms with Gasteiger partial charge in [0, 0.05) is 26.2 Å². The summed E-state index contributed by atoms with van der Waals surface area (Å²) in [7, 11) is 3.33. The number of hydrazone groups is 1. The first kappa shape index (κ1) is 18.2. The number of aromatic amines is 1. The Balaban J connectivity index is 2.16. The van der Waals surface area contributed by atoms with Gasteiger partial charge >= 0.3 is 0 Å². The second-order valence-corrected chi connectivity index (χ2v) is 6.02. The Bertz CT molecular complexity index is 1080. The Morgan fingerprint density at radius 2 is 1.96 bits per heavy atom. The first-order chi connectivity index (χ1) is 12.9. The second kappa shape index (κ2) is 7.34. The molecule has 1 unspecified atom stereocenters. The molecular formula is C18H17N5O4. The fourth-order valence-corrected chi connectivity index (χ4v) is 2.60. The van der Waals surface area contributed by atoms with Gasteiger partial charge in [-0.25, -0.2) is 4.98 Å². The third-order valence-electron chi connectivity index (χ3n) is 3.81. The minimum absolute atomic E-state index is 0.0543. The van der Waals surface area contributed by atoms with E-state index >= 15 is 0 Å². The molecule has 27 heavy (non-hydrogen) atoms. The van der Waals surface area contributed by atoms with Gasteiger partial charge in [0.2, 0.25) is 0 Å². The van der Waals surface area contributed by atoms with E-state index in [2.05, 4.69) is 15.1 Å². The summed E-state index contributed by atoms with van der Waals surface area (Å²) in [6.45, 7) is 0. The molecule has 9 heteroatoms. The van der Waals surface area contributed by atoms with Crippen molar-refractivity contribution >= 4 is 22.4 Å². The van der Waals surface area contributed by atoms with Gasteiger partial charge in [0.05, 0.1) is 16.0 Å². The standard InChI is InChI=1S/C18H17N5O4/c1-22(2)21-15(17(24)11-6-4-3-5-7-11)16-18(25)20-14-10-12(23(26)27)8-9-13(14)19-16/h3-10,17,24H,1-2H3,(H,20,25). The third-order valence-corrected chi connectivity index (χ3v) is 3.81. The summed E-state index contributed by atoms with van der Waals surface area (Å²) in [5.41, 5.74) is 0.410. The average Bonchev–Trinajstić information content (AvgIpc) is 2.65. The third kappa shape index (κ3) is 3.82. The van der Waals surface area contributed by atoms with E-state index in [1.165, 1.54) is 23.2 Å². The predicted molar refractivity (Wildman–Crippen MR) is 101 cm³/mol. The smallest absolute Gasteiger partial charge is 0.276 e. The van der Waals surface area contributed by atoms with Crippen LogP contribution in [0.3, 0.4) is 0 Å². The monoisotopic (exact) mass is 367 g/mol. The van der Waals surface area contributed by atoms with Crippen molar-refractivity contribution in [2.45, 2.75) is 6.10 Å². The summed E-state index contributed by atoms with van der Waals surface area (Å²) >= 11 is 0. The molecule has 0 fully saturated rings. The lowest BCUT2D eigenvalue weighted by Crippen LogP contribution is -2.27. The largest absolute Gasteiger partial charge is 0.382 e. The number of hydrogen-bond donors (Lipinski definition) is 2. The summed E-state index contributed by atoms with van der Waals surface area (Å²) in [6.07, 6.45) is -1.17. The number of aromatic nitrogens is 2. The maximum atomic E-state index is 12.6. The van der Waals surface area contributed by atoms with Crippen LogP contribution in [0, 0.1) is 10.1 Å². The topological polar surface area (TPSA) is 125 Å². The van der Waals surface area contributed by atoms with Gasteiger partial charge < -0.3 is 15.1 Å². The van der Waals surface area contributed by atoms with Crippen LogP contribution >= 0.6 is 0 Å². The summed E-state index contributed by atoms with van der Waals surface area (Å²) in [5.74, 6) is 0. The van der Waals surface area contributed by atoms with E-state index in [4.69, 9.17) is 0 Å². The van der Waals surface area contributed by atoms with Gasteiger partial charge in [-0.1, -0.05) is 30.3 Å². The molecule has 3 aromatic rings. The molecule has 0 aliphatic carbocycles. The van der Waals surface area contributed by atoms with E-state index < -0.39 is 16.6 Å². The molecule has 0 saturated heterocycles. The highest BCUT2D eigenvalue weighted by Crippen LogP contribution is 2.20. The SMILES string of the molecule is CN(C)N=C(c1nc2ccc([N+](=O)[O-])cc2[nH]c1=O)C(O)c1ccccc1. The number of nitro groups is 1. The van der Waals surface area contributed by atoms with Gasteiger partial charge in [0.15, 0.2) is 5.69 Å². The summed E-state index contributed by atoms with van der Waals surface area (Å²) < 4.78 is 0. The maximum absolute atomic E-state index is 12.6. The zero-order chi connectivity index (χ0) is 19.6. The zero-order valence-electron chi connectivity index (χ0n) is 14.7. The van der Waals surface area contributed by atoms with Crippen LogP contribution in [0.15, 0.2) is 58.4 Å². The number of nitro benzene ring substituents is 1. The highest BCUT2D eigenvalue weighted by molar-refractivity contribution is 6.03. The summed E-state index contributed by atoms with van der Waals surface area (Å²) in [4.78, 5) is 29.8. The number of aliphatic hydroxyl groups excluding tert-OH is 1. The Labute approximate surface area is 153 Å². The molecule has 2 N–H and O–H groups in total. The average molecular weight is 367 g/mol. The molecule has 3 rings (SSSR count). The highest BCUT2D eigenvalue weighted by Gasteiger charge is 2.23. The molecule has 0 saturated carbocycles. The fourth-order valence-electron chi connectivity index (χ4n) is 2.60. The number of aliphatic hydroxyl groups is 1. The van der Waals surface area contributed by atoms with Crippen LogP contribution in [0.5, 0.6) is 0 Å². The predicted octanol–water partition coefficient (Wildman–Crippen LogP) is 1.83. The van der Waals surface area contributed by atoms with Gasteiger partial charge in [-0.05, 0) is 11.6 Å². The van der Waals surface area contributed by atoms with E-state index in [0.717, 1.165) is 0 Å². The van der Waals surface area contributed by atoms with E-state index in [-0.39, 0.29) is 22.6 Å². The lowest BCUT2D eigenvalue weighted by molar-refractivity contribution is -0.384. The summed E-state index contributed by atoms with van der Waals surface area (Å²) in [5, 5.41) is 27.4. The van der Waals surface area contributed by atoms with Gasteiger partial charge in [-0.3, -0.25) is 14.9 Å². The fraction of sp³-hybridized carbons (Fsp3) is 0.167. The van der Waals surface area contributed by atoms with Crippen LogP contribution in [-0.2, 0) is 0 Å². The van der Waals surface area contributed by atoms with Crippen molar-refractivity contribution in [3.05, 3.63) is 80.3 Å². The summed E-state index contributed by atoms with van der Waals surface area (Å²) in [6, 6.07) is 12.8. The number of non-ortho nitro benzene ring substituents is 1. The van der Waals surface area contributed by atoms with E-state index in [9.17, 15) is 20.0 Å². The molecule has 0 amide bonds. The normalized spacial score (nSPS) is 12.8. The molecule has 2 aromatic carbocycles. The van der Waals surface area contributed by atoms with Crippen LogP contribution in [0.25, 0.3) is 11.0 Å². The number of nitrogens with one attached hydrogen (secondary N) is 1. The molecule has 9 nitrogen and oxygen atoms in total. The molecule has 0 bridgehead atoms. The van der Waals surface area contributed by atoms with Crippen LogP contribution in [-0.4, -0.2) is 44.8 Å². The molecule has 0 radical (unpaired) electrons. The van der Waals surface area contributed by atoms with Crippen LogP contribution in [0.4, 0.5) is 5.69 Å². The van der Waals surface area contributed by atoms with Crippen molar-refractivity contribution in [1.29, 1.82) is 0 Å². The Morgan fingerprint density at radius 1 is 1.26 bits per heavy atom. The minimum Gasteiger partial charge on any atom is -0.382 e. The Kier molecular flexibility index (Phi) is 4.95. The molecule has 1 aromatic heterocycles. The lowest BCUT2D eigenvalue weighted by atomic mass is 10.0. The maximum Gasteiger partial charge on any atom is 0.276 e. The van der Waals surface area contributed by atoms with E-state index in [1.807, 2.05) is 6.07 Å². The first-order valence-corrected chi connectivity index (χ1v) is 8.04. The number of rotatable bonds is 5. The van der Waals surface area contributed by atoms with Crippen LogP contribution < -0.4 is 5.56 Å². The number of H-pyrrole nitrogens is 1. The van der Waals surface area contributed by atoms with Crippen molar-refractivity contribution in [3.63, 3.8) is 0 Å². The van der Waals surface area contributed by atoms with Gasteiger partial charge in [-0.2, -0.15) is 5.10 Å². The van der Waals surface area contributed by atoms with Crippen molar-refractivity contribution < 1.29 is 10.0 Å². The molecule has 0 aliphatic heterocycles. The van der Waals surface area contributed by atoms with Gasteiger partial charge in [0.1, 0.15) is 11.8 Å². The highest BCUT2D eigenvalue weighted by atomic mass is 16.6. The van der Waals surface area contributed by atoms with Crippen molar-refractivity contribution in [3.8, 4) is 0 Å². The number of benzene rings is 2. The second-order valence-electron chi connectivity index (χ2n) is 6.02. The van der Waals surface area contributed by atoms with Crippen molar-refractivity contribution in [1.82, 2.24) is 15.0 Å². The molecule has 0 spiro atoms. The number of fused-ring (bicyclic) bond motifs is 1. The molecule has 1 heterocycles. The van der Waals surface area contributed by atoms with Crippen LogP contribution in [0.1, 0.15) is 17.4 Å². The Hall–Kier alpha value is -3.59. The van der Waals surface area contributed by atoms with Crippen LogP contribution in [0.2, 0.25) is 0 Å². The first-order valence-electron chi connectivity index (χ1n) is 8.04.